The maximum atomic E-state index is 12.5. The van der Waals surface area contributed by atoms with Gasteiger partial charge in [-0.3, -0.25) is 4.79 Å². The van der Waals surface area contributed by atoms with Crippen LogP contribution in [-0.2, 0) is 0 Å². The highest BCUT2D eigenvalue weighted by Gasteiger charge is 2.19. The largest absolute Gasteiger partial charge is 0.393 e. The SMILES string of the molecule is Cc1nc(-c2cccc(Cl)c2)sc1C(=O)N(C)CCC(C)O. The molecule has 0 radical (unpaired) electrons. The molecule has 0 aliphatic carbocycles. The van der Waals surface area contributed by atoms with Crippen LogP contribution < -0.4 is 0 Å². The van der Waals surface area contributed by atoms with E-state index in [1.807, 2.05) is 25.1 Å². The van der Waals surface area contributed by atoms with Crippen molar-refractivity contribution in [3.8, 4) is 10.6 Å². The summed E-state index contributed by atoms with van der Waals surface area (Å²) in [7, 11) is 1.74. The van der Waals surface area contributed by atoms with Crippen molar-refractivity contribution < 1.29 is 9.90 Å². The molecule has 6 heteroatoms. The van der Waals surface area contributed by atoms with Crippen molar-refractivity contribution in [2.45, 2.75) is 26.4 Å². The van der Waals surface area contributed by atoms with Gasteiger partial charge in [0.15, 0.2) is 0 Å². The molecule has 1 amide bonds. The molecule has 1 N–H and O–H groups in total. The van der Waals surface area contributed by atoms with Crippen molar-refractivity contribution in [3.05, 3.63) is 39.9 Å². The third-order valence-corrected chi connectivity index (χ3v) is 4.72. The van der Waals surface area contributed by atoms with Crippen LogP contribution in [0.25, 0.3) is 10.6 Å². The molecule has 1 aromatic heterocycles. The molecule has 2 aromatic rings. The number of halogens is 1. The lowest BCUT2D eigenvalue weighted by Gasteiger charge is -2.17. The number of hydrogen-bond donors (Lipinski definition) is 1. The summed E-state index contributed by atoms with van der Waals surface area (Å²) in [4.78, 5) is 19.2. The van der Waals surface area contributed by atoms with E-state index < -0.39 is 6.10 Å². The molecule has 0 bridgehead atoms. The second kappa shape index (κ2) is 7.22. The van der Waals surface area contributed by atoms with Gasteiger partial charge in [-0.25, -0.2) is 4.98 Å². The Morgan fingerprint density at radius 3 is 2.86 bits per heavy atom. The van der Waals surface area contributed by atoms with Gasteiger partial charge in [0, 0.05) is 24.2 Å². The molecule has 22 heavy (non-hydrogen) atoms. The van der Waals surface area contributed by atoms with E-state index in [4.69, 9.17) is 11.6 Å². The molecule has 4 nitrogen and oxygen atoms in total. The van der Waals surface area contributed by atoms with Crippen molar-refractivity contribution in [1.29, 1.82) is 0 Å². The number of rotatable bonds is 5. The van der Waals surface area contributed by atoms with Gasteiger partial charge < -0.3 is 10.0 Å². The van der Waals surface area contributed by atoms with Gasteiger partial charge in [0.2, 0.25) is 0 Å². The summed E-state index contributed by atoms with van der Waals surface area (Å²) in [5.74, 6) is -0.0658. The third-order valence-electron chi connectivity index (χ3n) is 3.29. The first-order chi connectivity index (χ1) is 10.4. The van der Waals surface area contributed by atoms with Crippen LogP contribution in [0.3, 0.4) is 0 Å². The molecule has 0 fully saturated rings. The number of carbonyl (C=O) groups excluding carboxylic acids is 1. The summed E-state index contributed by atoms with van der Waals surface area (Å²) in [5.41, 5.74) is 1.63. The molecular formula is C16H19ClN2O2S. The topological polar surface area (TPSA) is 53.4 Å². The van der Waals surface area contributed by atoms with Crippen molar-refractivity contribution in [3.63, 3.8) is 0 Å². The maximum Gasteiger partial charge on any atom is 0.265 e. The molecule has 1 heterocycles. The van der Waals surface area contributed by atoms with Crippen LogP contribution in [0.5, 0.6) is 0 Å². The first-order valence-electron chi connectivity index (χ1n) is 7.05. The number of aromatic nitrogens is 1. The summed E-state index contributed by atoms with van der Waals surface area (Å²) < 4.78 is 0. The normalized spacial score (nSPS) is 12.2. The Bertz CT molecular complexity index is 670. The maximum absolute atomic E-state index is 12.5. The zero-order valence-corrected chi connectivity index (χ0v) is 14.4. The minimum absolute atomic E-state index is 0.0658. The summed E-state index contributed by atoms with van der Waals surface area (Å²) >= 11 is 7.37. The molecule has 0 aliphatic rings. The van der Waals surface area contributed by atoms with Gasteiger partial charge in [-0.2, -0.15) is 0 Å². The molecule has 1 aromatic carbocycles. The zero-order chi connectivity index (χ0) is 16.3. The van der Waals surface area contributed by atoms with Crippen molar-refractivity contribution in [2.75, 3.05) is 13.6 Å². The predicted molar refractivity (Wildman–Crippen MR) is 90.6 cm³/mol. The van der Waals surface area contributed by atoms with E-state index in [-0.39, 0.29) is 5.91 Å². The Balaban J connectivity index is 2.21. The number of aliphatic hydroxyl groups is 1. The number of amides is 1. The first-order valence-corrected chi connectivity index (χ1v) is 8.25. The quantitative estimate of drug-likeness (QED) is 0.906. The first kappa shape index (κ1) is 16.9. The van der Waals surface area contributed by atoms with Gasteiger partial charge in [0.1, 0.15) is 9.88 Å². The molecule has 1 atom stereocenters. The molecule has 0 spiro atoms. The monoisotopic (exact) mass is 338 g/mol. The molecule has 118 valence electrons. The Labute approximate surface area is 139 Å². The van der Waals surface area contributed by atoms with Crippen LogP contribution in [0.15, 0.2) is 24.3 Å². The lowest BCUT2D eigenvalue weighted by atomic mass is 10.2. The van der Waals surface area contributed by atoms with E-state index in [0.717, 1.165) is 10.6 Å². The standard InChI is InChI=1S/C16H19ClN2O2S/c1-10(20)7-8-19(3)16(21)14-11(2)18-15(22-14)12-5-4-6-13(17)9-12/h4-6,9-10,20H,7-8H2,1-3H3. The molecule has 0 saturated carbocycles. The summed E-state index contributed by atoms with van der Waals surface area (Å²) in [6.45, 7) is 4.06. The van der Waals surface area contributed by atoms with E-state index in [0.29, 0.717) is 28.6 Å². The van der Waals surface area contributed by atoms with E-state index in [1.165, 1.54) is 11.3 Å². The van der Waals surface area contributed by atoms with Crippen molar-refractivity contribution in [2.24, 2.45) is 0 Å². The van der Waals surface area contributed by atoms with E-state index in [2.05, 4.69) is 4.98 Å². The number of benzene rings is 1. The van der Waals surface area contributed by atoms with Crippen LogP contribution in [0.1, 0.15) is 28.7 Å². The summed E-state index contributed by atoms with van der Waals surface area (Å²) in [6.07, 6.45) is 0.140. The molecule has 2 rings (SSSR count). The number of hydrogen-bond acceptors (Lipinski definition) is 4. The van der Waals surface area contributed by atoms with Gasteiger partial charge >= 0.3 is 0 Å². The third kappa shape index (κ3) is 4.06. The number of thiazole rings is 1. The van der Waals surface area contributed by atoms with Crippen molar-refractivity contribution in [1.82, 2.24) is 9.88 Å². The molecular weight excluding hydrogens is 320 g/mol. The van der Waals surface area contributed by atoms with Crippen LogP contribution in [0.2, 0.25) is 5.02 Å². The number of carbonyl (C=O) groups is 1. The van der Waals surface area contributed by atoms with Gasteiger partial charge in [-0.15, -0.1) is 11.3 Å². The average Bonchev–Trinajstić information content (AvgIpc) is 2.86. The van der Waals surface area contributed by atoms with Gasteiger partial charge in [0.25, 0.3) is 5.91 Å². The summed E-state index contributed by atoms with van der Waals surface area (Å²) in [6, 6.07) is 7.44. The average molecular weight is 339 g/mol. The molecule has 0 saturated heterocycles. The van der Waals surface area contributed by atoms with Gasteiger partial charge in [-0.1, -0.05) is 23.7 Å². The number of aryl methyl sites for hydroxylation is 1. The zero-order valence-electron chi connectivity index (χ0n) is 12.8. The lowest BCUT2D eigenvalue weighted by Crippen LogP contribution is -2.29. The highest BCUT2D eigenvalue weighted by molar-refractivity contribution is 7.17. The number of nitrogens with zero attached hydrogens (tertiary/aromatic N) is 2. The summed E-state index contributed by atoms with van der Waals surface area (Å²) in [5, 5.41) is 10.8. The Kier molecular flexibility index (Phi) is 5.56. The lowest BCUT2D eigenvalue weighted by molar-refractivity contribution is 0.0773. The fourth-order valence-corrected chi connectivity index (χ4v) is 3.24. The minimum atomic E-state index is -0.417. The van der Waals surface area contributed by atoms with E-state index in [1.54, 1.807) is 24.9 Å². The van der Waals surface area contributed by atoms with Gasteiger partial charge in [-0.05, 0) is 32.4 Å². The predicted octanol–water partition coefficient (Wildman–Crippen LogP) is 3.61. The van der Waals surface area contributed by atoms with Crippen LogP contribution >= 0.6 is 22.9 Å². The van der Waals surface area contributed by atoms with Crippen LogP contribution in [0.4, 0.5) is 0 Å². The highest BCUT2D eigenvalue weighted by atomic mass is 35.5. The smallest absolute Gasteiger partial charge is 0.265 e. The Morgan fingerprint density at radius 1 is 1.50 bits per heavy atom. The number of aliphatic hydroxyl groups excluding tert-OH is 1. The van der Waals surface area contributed by atoms with Crippen molar-refractivity contribution >= 4 is 28.8 Å². The minimum Gasteiger partial charge on any atom is -0.393 e. The van der Waals surface area contributed by atoms with E-state index >= 15 is 0 Å². The fourth-order valence-electron chi connectivity index (χ4n) is 2.00. The fraction of sp³-hybridized carbons (Fsp3) is 0.375. The highest BCUT2D eigenvalue weighted by Crippen LogP contribution is 2.30. The second-order valence-electron chi connectivity index (χ2n) is 5.31. The van der Waals surface area contributed by atoms with Crippen LogP contribution in [0, 0.1) is 6.92 Å². The van der Waals surface area contributed by atoms with Gasteiger partial charge in [0.05, 0.1) is 11.8 Å². The van der Waals surface area contributed by atoms with Crippen LogP contribution in [-0.4, -0.2) is 40.6 Å². The second-order valence-corrected chi connectivity index (χ2v) is 6.74. The van der Waals surface area contributed by atoms with E-state index in [9.17, 15) is 9.90 Å². The Morgan fingerprint density at radius 2 is 2.23 bits per heavy atom. The molecule has 0 aliphatic heterocycles. The molecule has 1 unspecified atom stereocenters. The Hall–Kier alpha value is -1.43.